The number of amides is 1. The Morgan fingerprint density at radius 1 is 1.36 bits per heavy atom. The van der Waals surface area contributed by atoms with Gasteiger partial charge in [0.1, 0.15) is 5.82 Å². The summed E-state index contributed by atoms with van der Waals surface area (Å²) in [7, 11) is 1.04. The molecule has 3 nitrogen and oxygen atoms in total. The fraction of sp³-hybridized carbons (Fsp3) is 0.125. The lowest BCUT2D eigenvalue weighted by Crippen LogP contribution is -2.13. The highest BCUT2D eigenvalue weighted by Gasteiger charge is 2.13. The van der Waals surface area contributed by atoms with Crippen LogP contribution in [-0.4, -0.2) is 13.2 Å². The molecule has 0 radical (unpaired) electrons. The van der Waals surface area contributed by atoms with Gasteiger partial charge in [-0.25, -0.2) is 18.0 Å². The molecule has 1 amide bonds. The Bertz CT molecular complexity index is 368. The van der Waals surface area contributed by atoms with Gasteiger partial charge in [-0.1, -0.05) is 0 Å². The fourth-order valence-corrected chi connectivity index (χ4v) is 0.808. The molecule has 0 bridgehead atoms. The van der Waals surface area contributed by atoms with Crippen LogP contribution < -0.4 is 5.32 Å². The van der Waals surface area contributed by atoms with E-state index in [1.807, 2.05) is 5.32 Å². The van der Waals surface area contributed by atoms with Crippen molar-refractivity contribution in [2.24, 2.45) is 0 Å². The molecule has 1 aromatic carbocycles. The summed E-state index contributed by atoms with van der Waals surface area (Å²) < 4.78 is 42.1. The summed E-state index contributed by atoms with van der Waals surface area (Å²) in [5.41, 5.74) is -0.602. The third kappa shape index (κ3) is 2.15. The lowest BCUT2D eigenvalue weighted by molar-refractivity contribution is 0.186. The lowest BCUT2D eigenvalue weighted by atomic mass is 10.3. The van der Waals surface area contributed by atoms with Crippen LogP contribution in [0.3, 0.4) is 0 Å². The van der Waals surface area contributed by atoms with Crippen LogP contribution in [0.25, 0.3) is 0 Å². The van der Waals surface area contributed by atoms with E-state index in [1.165, 1.54) is 0 Å². The van der Waals surface area contributed by atoms with Crippen LogP contribution in [0.2, 0.25) is 0 Å². The Kier molecular flexibility index (Phi) is 2.95. The van der Waals surface area contributed by atoms with Gasteiger partial charge < -0.3 is 4.74 Å². The van der Waals surface area contributed by atoms with Crippen LogP contribution in [0.15, 0.2) is 12.1 Å². The van der Waals surface area contributed by atoms with Crippen molar-refractivity contribution in [3.63, 3.8) is 0 Å². The minimum atomic E-state index is -1.38. The lowest BCUT2D eigenvalue weighted by Gasteiger charge is -2.05. The maximum atomic E-state index is 12.9. The predicted octanol–water partition coefficient (Wildman–Crippen LogP) is 2.28. The number of carbonyl (C=O) groups excluding carboxylic acids is 1. The normalized spacial score (nSPS) is 9.71. The highest BCUT2D eigenvalue weighted by Crippen LogP contribution is 2.18. The number of nitrogens with one attached hydrogen (secondary N) is 1. The average molecular weight is 205 g/mol. The van der Waals surface area contributed by atoms with E-state index in [0.29, 0.717) is 12.1 Å². The van der Waals surface area contributed by atoms with E-state index in [1.54, 1.807) is 0 Å². The number of hydrogen-bond donors (Lipinski definition) is 1. The van der Waals surface area contributed by atoms with Crippen LogP contribution in [0.1, 0.15) is 0 Å². The van der Waals surface area contributed by atoms with E-state index >= 15 is 0 Å². The summed E-state index contributed by atoms with van der Waals surface area (Å²) in [6, 6.07) is 1.02. The van der Waals surface area contributed by atoms with Gasteiger partial charge in [-0.3, -0.25) is 5.32 Å². The summed E-state index contributed by atoms with van der Waals surface area (Å²) >= 11 is 0. The molecular weight excluding hydrogens is 199 g/mol. The molecule has 6 heteroatoms. The molecule has 0 unspecified atom stereocenters. The predicted molar refractivity (Wildman–Crippen MR) is 42.3 cm³/mol. The zero-order chi connectivity index (χ0) is 10.7. The number of carbonyl (C=O) groups is 1. The molecule has 0 aliphatic carbocycles. The molecule has 0 fully saturated rings. The van der Waals surface area contributed by atoms with Crippen molar-refractivity contribution in [2.75, 3.05) is 12.4 Å². The highest BCUT2D eigenvalue weighted by molar-refractivity contribution is 5.84. The minimum Gasteiger partial charge on any atom is -0.453 e. The molecule has 0 aromatic heterocycles. The van der Waals surface area contributed by atoms with Crippen LogP contribution in [0.5, 0.6) is 0 Å². The van der Waals surface area contributed by atoms with Crippen molar-refractivity contribution in [1.82, 2.24) is 0 Å². The molecule has 0 heterocycles. The number of methoxy groups -OCH3 is 1. The first-order valence-electron chi connectivity index (χ1n) is 3.54. The molecule has 0 aliphatic rings. The van der Waals surface area contributed by atoms with Crippen molar-refractivity contribution < 1.29 is 22.7 Å². The zero-order valence-electron chi connectivity index (χ0n) is 7.11. The van der Waals surface area contributed by atoms with Crippen LogP contribution in [0, 0.1) is 17.5 Å². The van der Waals surface area contributed by atoms with Gasteiger partial charge in [0, 0.05) is 12.1 Å². The summed E-state index contributed by atoms with van der Waals surface area (Å²) in [5.74, 6) is -3.71. The fourth-order valence-electron chi connectivity index (χ4n) is 0.808. The monoisotopic (exact) mass is 205 g/mol. The van der Waals surface area contributed by atoms with Crippen molar-refractivity contribution in [2.45, 2.75) is 0 Å². The Morgan fingerprint density at radius 2 is 2.00 bits per heavy atom. The Balaban J connectivity index is 3.02. The molecule has 0 saturated heterocycles. The summed E-state index contributed by atoms with van der Waals surface area (Å²) in [5, 5.41) is 1.83. The van der Waals surface area contributed by atoms with Crippen molar-refractivity contribution >= 4 is 11.8 Å². The van der Waals surface area contributed by atoms with Crippen LogP contribution >= 0.6 is 0 Å². The number of hydrogen-bond acceptors (Lipinski definition) is 2. The number of halogens is 3. The number of ether oxygens (including phenoxy) is 1. The van der Waals surface area contributed by atoms with Gasteiger partial charge in [0.05, 0.1) is 12.8 Å². The number of benzene rings is 1. The van der Waals surface area contributed by atoms with Gasteiger partial charge in [0.25, 0.3) is 0 Å². The first kappa shape index (κ1) is 10.4. The first-order valence-corrected chi connectivity index (χ1v) is 3.54. The summed E-state index contributed by atoms with van der Waals surface area (Å²) in [6.07, 6.45) is -1.01. The zero-order valence-corrected chi connectivity index (χ0v) is 7.11. The third-order valence-corrected chi connectivity index (χ3v) is 1.42. The maximum absolute atomic E-state index is 12.9. The van der Waals surface area contributed by atoms with Gasteiger partial charge in [-0.15, -0.1) is 0 Å². The van der Waals surface area contributed by atoms with Gasteiger partial charge >= 0.3 is 6.09 Å². The molecule has 0 saturated carbocycles. The average Bonchev–Trinajstić information content (AvgIpc) is 2.13. The van der Waals surface area contributed by atoms with Crippen molar-refractivity contribution in [3.8, 4) is 0 Å². The molecule has 76 valence electrons. The van der Waals surface area contributed by atoms with Gasteiger partial charge in [0.15, 0.2) is 11.6 Å². The van der Waals surface area contributed by atoms with Crippen LogP contribution in [-0.2, 0) is 4.74 Å². The molecule has 1 N–H and O–H groups in total. The number of anilines is 1. The van der Waals surface area contributed by atoms with Gasteiger partial charge in [-0.05, 0) is 0 Å². The largest absolute Gasteiger partial charge is 0.453 e. The third-order valence-electron chi connectivity index (χ3n) is 1.42. The quantitative estimate of drug-likeness (QED) is 0.714. The molecule has 0 atom stereocenters. The molecule has 0 aliphatic heterocycles. The maximum Gasteiger partial charge on any atom is 0.411 e. The first-order chi connectivity index (χ1) is 6.54. The number of rotatable bonds is 1. The summed E-state index contributed by atoms with van der Waals surface area (Å²) in [4.78, 5) is 10.6. The molecular formula is C8H6F3NO2. The van der Waals surface area contributed by atoms with E-state index in [9.17, 15) is 18.0 Å². The Hall–Kier alpha value is -1.72. The van der Waals surface area contributed by atoms with Gasteiger partial charge in [-0.2, -0.15) is 0 Å². The van der Waals surface area contributed by atoms with E-state index < -0.39 is 29.2 Å². The van der Waals surface area contributed by atoms with Crippen molar-refractivity contribution in [1.29, 1.82) is 0 Å². The van der Waals surface area contributed by atoms with Crippen LogP contribution in [0.4, 0.5) is 23.7 Å². The smallest absolute Gasteiger partial charge is 0.411 e. The van der Waals surface area contributed by atoms with E-state index in [-0.39, 0.29) is 0 Å². The van der Waals surface area contributed by atoms with Crippen molar-refractivity contribution in [3.05, 3.63) is 29.6 Å². The molecule has 0 spiro atoms. The second-order valence-electron chi connectivity index (χ2n) is 2.37. The van der Waals surface area contributed by atoms with E-state index in [2.05, 4.69) is 4.74 Å². The SMILES string of the molecule is COC(=O)Nc1cc(F)cc(F)c1F. The Labute approximate surface area is 77.5 Å². The van der Waals surface area contributed by atoms with Gasteiger partial charge in [0.2, 0.25) is 0 Å². The molecule has 1 rings (SSSR count). The van der Waals surface area contributed by atoms with E-state index in [4.69, 9.17) is 0 Å². The highest BCUT2D eigenvalue weighted by atomic mass is 19.2. The Morgan fingerprint density at radius 3 is 2.57 bits per heavy atom. The topological polar surface area (TPSA) is 38.3 Å². The summed E-state index contributed by atoms with van der Waals surface area (Å²) in [6.45, 7) is 0. The van der Waals surface area contributed by atoms with E-state index in [0.717, 1.165) is 7.11 Å². The molecule has 14 heavy (non-hydrogen) atoms. The minimum absolute atomic E-state index is 0.373. The molecule has 1 aromatic rings. The second kappa shape index (κ2) is 3.99. The second-order valence-corrected chi connectivity index (χ2v) is 2.37. The standard InChI is InChI=1S/C8H6F3NO2/c1-14-8(13)12-6-3-4(9)2-5(10)7(6)11/h2-3H,1H3,(H,12,13).